The van der Waals surface area contributed by atoms with Crippen molar-refractivity contribution < 1.29 is 4.74 Å². The van der Waals surface area contributed by atoms with E-state index in [2.05, 4.69) is 11.1 Å². The van der Waals surface area contributed by atoms with E-state index in [1.807, 2.05) is 43.3 Å². The summed E-state index contributed by atoms with van der Waals surface area (Å²) < 4.78 is 6.60. The number of nitrogens with zero attached hydrogens (tertiary/aromatic N) is 2. The number of ether oxygens (including phenoxy) is 1. The lowest BCUT2D eigenvalue weighted by Gasteiger charge is -2.09. The van der Waals surface area contributed by atoms with Gasteiger partial charge in [0.05, 0.1) is 34.0 Å². The molecule has 0 atom stereocenters. The molecule has 3 nitrogen and oxygen atoms in total. The Morgan fingerprint density at radius 2 is 1.90 bits per heavy atom. The molecule has 2 aromatic carbocycles. The van der Waals surface area contributed by atoms with Gasteiger partial charge >= 0.3 is 0 Å². The first-order valence-electron chi connectivity index (χ1n) is 6.17. The van der Waals surface area contributed by atoms with Gasteiger partial charge in [0.15, 0.2) is 0 Å². The second-order valence-electron chi connectivity index (χ2n) is 4.41. The third-order valence-corrected chi connectivity index (χ3v) is 4.15. The van der Waals surface area contributed by atoms with E-state index in [0.717, 1.165) is 32.1 Å². The second-order valence-corrected chi connectivity index (χ2v) is 5.62. The van der Waals surface area contributed by atoms with Crippen LogP contribution in [0.3, 0.4) is 0 Å². The van der Waals surface area contributed by atoms with Crippen LogP contribution in [-0.2, 0) is 0 Å². The van der Waals surface area contributed by atoms with Gasteiger partial charge in [0.25, 0.3) is 0 Å². The first-order chi connectivity index (χ1) is 9.72. The van der Waals surface area contributed by atoms with Crippen molar-refractivity contribution in [2.45, 2.75) is 6.92 Å². The van der Waals surface area contributed by atoms with Crippen LogP contribution in [0.2, 0.25) is 0 Å². The van der Waals surface area contributed by atoms with Crippen LogP contribution in [0.1, 0.15) is 10.6 Å². The Balaban J connectivity index is 2.29. The number of nitriles is 1. The van der Waals surface area contributed by atoms with Crippen molar-refractivity contribution in [1.82, 2.24) is 4.98 Å². The van der Waals surface area contributed by atoms with Gasteiger partial charge in [-0.1, -0.05) is 12.1 Å². The molecule has 0 fully saturated rings. The quantitative estimate of drug-likeness (QED) is 0.708. The summed E-state index contributed by atoms with van der Waals surface area (Å²) in [7, 11) is 1.67. The molecule has 0 aliphatic carbocycles. The average molecular weight is 280 g/mol. The highest BCUT2D eigenvalue weighted by molar-refractivity contribution is 7.19. The van der Waals surface area contributed by atoms with Gasteiger partial charge in [0.1, 0.15) is 5.75 Å². The maximum atomic E-state index is 8.89. The molecule has 0 saturated carbocycles. The van der Waals surface area contributed by atoms with E-state index >= 15 is 0 Å². The van der Waals surface area contributed by atoms with Gasteiger partial charge in [-0.05, 0) is 36.8 Å². The first-order valence-corrected chi connectivity index (χ1v) is 6.99. The van der Waals surface area contributed by atoms with Crippen LogP contribution < -0.4 is 4.74 Å². The summed E-state index contributed by atoms with van der Waals surface area (Å²) in [5.41, 5.74) is 3.71. The van der Waals surface area contributed by atoms with Gasteiger partial charge in [-0.15, -0.1) is 11.3 Å². The maximum absolute atomic E-state index is 8.89. The topological polar surface area (TPSA) is 45.9 Å². The van der Waals surface area contributed by atoms with Crippen molar-refractivity contribution in [3.8, 4) is 22.9 Å². The van der Waals surface area contributed by atoms with Crippen LogP contribution in [0.5, 0.6) is 5.75 Å². The zero-order valence-corrected chi connectivity index (χ0v) is 12.0. The standard InChI is InChI=1S/C16H12N2OS/c1-10-18-13-7-8-14(19-2)15(16(13)20-10)12-5-3-11(9-17)4-6-12/h3-8H,1-2H3. The maximum Gasteiger partial charge on any atom is 0.128 e. The van der Waals surface area contributed by atoms with Crippen molar-refractivity contribution in [3.05, 3.63) is 47.0 Å². The van der Waals surface area contributed by atoms with Gasteiger partial charge in [-0.3, -0.25) is 0 Å². The summed E-state index contributed by atoms with van der Waals surface area (Å²) in [5, 5.41) is 9.92. The van der Waals surface area contributed by atoms with Crippen molar-refractivity contribution >= 4 is 21.6 Å². The number of fused-ring (bicyclic) bond motifs is 1. The van der Waals surface area contributed by atoms with E-state index < -0.39 is 0 Å². The van der Waals surface area contributed by atoms with E-state index in [-0.39, 0.29) is 0 Å². The molecular formula is C16H12N2OS. The Bertz CT molecular complexity index is 813. The van der Waals surface area contributed by atoms with Gasteiger partial charge in [0, 0.05) is 5.56 Å². The molecule has 1 aromatic heterocycles. The van der Waals surface area contributed by atoms with Crippen LogP contribution >= 0.6 is 11.3 Å². The molecule has 4 heteroatoms. The third-order valence-electron chi connectivity index (χ3n) is 3.15. The largest absolute Gasteiger partial charge is 0.496 e. The minimum Gasteiger partial charge on any atom is -0.496 e. The van der Waals surface area contributed by atoms with Crippen molar-refractivity contribution in [1.29, 1.82) is 5.26 Å². The predicted octanol–water partition coefficient (Wildman–Crippen LogP) is 4.15. The summed E-state index contributed by atoms with van der Waals surface area (Å²) in [6.45, 7) is 2.00. The molecule has 0 N–H and O–H groups in total. The number of hydrogen-bond acceptors (Lipinski definition) is 4. The Morgan fingerprint density at radius 3 is 2.55 bits per heavy atom. The van der Waals surface area contributed by atoms with Gasteiger partial charge < -0.3 is 4.74 Å². The second kappa shape index (κ2) is 4.95. The fourth-order valence-electron chi connectivity index (χ4n) is 2.24. The molecule has 1 heterocycles. The normalized spacial score (nSPS) is 10.4. The van der Waals surface area contributed by atoms with E-state index in [4.69, 9.17) is 10.00 Å². The SMILES string of the molecule is COc1ccc2nc(C)sc2c1-c1ccc(C#N)cc1. The minimum atomic E-state index is 0.653. The van der Waals surface area contributed by atoms with E-state index in [9.17, 15) is 0 Å². The number of benzene rings is 2. The Labute approximate surface area is 121 Å². The summed E-state index contributed by atoms with van der Waals surface area (Å²) in [4.78, 5) is 4.52. The average Bonchev–Trinajstić information content (AvgIpc) is 2.86. The first kappa shape index (κ1) is 12.6. The van der Waals surface area contributed by atoms with Crippen molar-refractivity contribution in [3.63, 3.8) is 0 Å². The zero-order chi connectivity index (χ0) is 14.1. The number of aryl methyl sites for hydroxylation is 1. The monoisotopic (exact) mass is 280 g/mol. The highest BCUT2D eigenvalue weighted by atomic mass is 32.1. The summed E-state index contributed by atoms with van der Waals surface area (Å²) >= 11 is 1.66. The molecule has 0 saturated heterocycles. The highest BCUT2D eigenvalue weighted by Crippen LogP contribution is 2.39. The molecule has 0 aliphatic rings. The van der Waals surface area contributed by atoms with Crippen LogP contribution in [-0.4, -0.2) is 12.1 Å². The van der Waals surface area contributed by atoms with Crippen LogP contribution in [0.15, 0.2) is 36.4 Å². The molecule has 3 rings (SSSR count). The zero-order valence-electron chi connectivity index (χ0n) is 11.2. The number of hydrogen-bond donors (Lipinski definition) is 0. The summed E-state index contributed by atoms with van der Waals surface area (Å²) in [6, 6.07) is 13.6. The number of methoxy groups -OCH3 is 1. The molecule has 0 bridgehead atoms. The molecular weight excluding hydrogens is 268 g/mol. The molecule has 0 radical (unpaired) electrons. The van der Waals surface area contributed by atoms with Crippen LogP contribution in [0.25, 0.3) is 21.3 Å². The summed E-state index contributed by atoms with van der Waals surface area (Å²) in [5.74, 6) is 0.825. The van der Waals surface area contributed by atoms with Crippen LogP contribution in [0.4, 0.5) is 0 Å². The number of rotatable bonds is 2. The number of aromatic nitrogens is 1. The molecule has 98 valence electrons. The lowest BCUT2D eigenvalue weighted by atomic mass is 10.0. The third kappa shape index (κ3) is 2.02. The lowest BCUT2D eigenvalue weighted by Crippen LogP contribution is -1.88. The molecule has 20 heavy (non-hydrogen) atoms. The fourth-order valence-corrected chi connectivity index (χ4v) is 3.22. The van der Waals surface area contributed by atoms with Gasteiger partial charge in [0.2, 0.25) is 0 Å². The molecule has 0 unspecified atom stereocenters. The summed E-state index contributed by atoms with van der Waals surface area (Å²) in [6.07, 6.45) is 0. The Hall–Kier alpha value is -2.38. The predicted molar refractivity (Wildman–Crippen MR) is 81.1 cm³/mol. The molecule has 0 spiro atoms. The molecule has 3 aromatic rings. The molecule has 0 aliphatic heterocycles. The number of thiazole rings is 1. The van der Waals surface area contributed by atoms with Gasteiger partial charge in [-0.2, -0.15) is 5.26 Å². The van der Waals surface area contributed by atoms with Crippen LogP contribution in [0, 0.1) is 18.3 Å². The van der Waals surface area contributed by atoms with E-state index in [1.54, 1.807) is 18.4 Å². The van der Waals surface area contributed by atoms with Gasteiger partial charge in [-0.25, -0.2) is 4.98 Å². The smallest absolute Gasteiger partial charge is 0.128 e. The molecule has 0 amide bonds. The Kier molecular flexibility index (Phi) is 3.13. The van der Waals surface area contributed by atoms with E-state index in [1.165, 1.54) is 0 Å². The fraction of sp³-hybridized carbons (Fsp3) is 0.125. The van der Waals surface area contributed by atoms with Crippen molar-refractivity contribution in [2.75, 3.05) is 7.11 Å². The Morgan fingerprint density at radius 1 is 1.15 bits per heavy atom. The minimum absolute atomic E-state index is 0.653. The van der Waals surface area contributed by atoms with Crippen molar-refractivity contribution in [2.24, 2.45) is 0 Å². The highest BCUT2D eigenvalue weighted by Gasteiger charge is 2.13. The lowest BCUT2D eigenvalue weighted by molar-refractivity contribution is 0.417. The van der Waals surface area contributed by atoms with E-state index in [0.29, 0.717) is 5.56 Å².